The summed E-state index contributed by atoms with van der Waals surface area (Å²) < 4.78 is 0. The molecule has 0 aliphatic heterocycles. The SMILES string of the molecule is CN(C)c1cccc(C(N)C2=CCCCCC2)c1. The molecule has 2 nitrogen and oxygen atoms in total. The standard InChI is InChI=1S/C16H24N2/c1-18(2)15-11-7-10-14(12-15)16(17)13-8-5-3-4-6-9-13/h7-8,10-12,16H,3-6,9,17H2,1-2H3. The minimum absolute atomic E-state index is 0.0722. The highest BCUT2D eigenvalue weighted by Crippen LogP contribution is 2.28. The predicted molar refractivity (Wildman–Crippen MR) is 78.9 cm³/mol. The summed E-state index contributed by atoms with van der Waals surface area (Å²) in [7, 11) is 4.13. The first kappa shape index (κ1) is 13.2. The maximum atomic E-state index is 6.42. The molecule has 0 amide bonds. The fourth-order valence-electron chi connectivity index (χ4n) is 2.53. The zero-order valence-electron chi connectivity index (χ0n) is 11.5. The van der Waals surface area contributed by atoms with Crippen LogP contribution in [0, 0.1) is 0 Å². The first-order chi connectivity index (χ1) is 8.68. The van der Waals surface area contributed by atoms with Gasteiger partial charge >= 0.3 is 0 Å². The number of nitrogens with two attached hydrogens (primary N) is 1. The molecule has 0 heterocycles. The molecule has 0 bridgehead atoms. The third-order valence-electron chi connectivity index (χ3n) is 3.72. The first-order valence-corrected chi connectivity index (χ1v) is 6.90. The van der Waals surface area contributed by atoms with E-state index in [2.05, 4.69) is 49.3 Å². The van der Waals surface area contributed by atoms with Crippen LogP contribution < -0.4 is 10.6 Å². The molecule has 1 aromatic carbocycles. The first-order valence-electron chi connectivity index (χ1n) is 6.90. The largest absolute Gasteiger partial charge is 0.378 e. The van der Waals surface area contributed by atoms with Crippen molar-refractivity contribution in [1.29, 1.82) is 0 Å². The molecule has 0 radical (unpaired) electrons. The van der Waals surface area contributed by atoms with E-state index in [4.69, 9.17) is 5.73 Å². The van der Waals surface area contributed by atoms with Gasteiger partial charge < -0.3 is 10.6 Å². The van der Waals surface area contributed by atoms with Gasteiger partial charge in [-0.2, -0.15) is 0 Å². The smallest absolute Gasteiger partial charge is 0.0511 e. The van der Waals surface area contributed by atoms with Crippen molar-refractivity contribution in [2.24, 2.45) is 5.73 Å². The van der Waals surface area contributed by atoms with Gasteiger partial charge in [-0.15, -0.1) is 0 Å². The Hall–Kier alpha value is -1.28. The van der Waals surface area contributed by atoms with Gasteiger partial charge in [-0.25, -0.2) is 0 Å². The molecule has 98 valence electrons. The molecule has 2 rings (SSSR count). The lowest BCUT2D eigenvalue weighted by molar-refractivity contribution is 0.688. The molecule has 1 aliphatic rings. The van der Waals surface area contributed by atoms with E-state index in [-0.39, 0.29) is 6.04 Å². The minimum atomic E-state index is 0.0722. The second kappa shape index (κ2) is 6.05. The van der Waals surface area contributed by atoms with Gasteiger partial charge in [0.1, 0.15) is 0 Å². The molecule has 0 fully saturated rings. The second-order valence-electron chi connectivity index (χ2n) is 5.35. The van der Waals surface area contributed by atoms with Gasteiger partial charge in [0.15, 0.2) is 0 Å². The Balaban J connectivity index is 2.19. The molecule has 1 aliphatic carbocycles. The van der Waals surface area contributed by atoms with Crippen molar-refractivity contribution in [2.45, 2.75) is 38.1 Å². The van der Waals surface area contributed by atoms with Gasteiger partial charge in [0.2, 0.25) is 0 Å². The third-order valence-corrected chi connectivity index (χ3v) is 3.72. The van der Waals surface area contributed by atoms with Crippen molar-refractivity contribution < 1.29 is 0 Å². The van der Waals surface area contributed by atoms with E-state index in [1.54, 1.807) is 0 Å². The van der Waals surface area contributed by atoms with Crippen LogP contribution in [0.4, 0.5) is 5.69 Å². The number of benzene rings is 1. The summed E-state index contributed by atoms with van der Waals surface area (Å²) in [6, 6.07) is 8.64. The molecule has 1 aromatic rings. The fourth-order valence-corrected chi connectivity index (χ4v) is 2.53. The van der Waals surface area contributed by atoms with Gasteiger partial charge in [0, 0.05) is 19.8 Å². The lowest BCUT2D eigenvalue weighted by atomic mass is 9.95. The molecule has 1 unspecified atom stereocenters. The van der Waals surface area contributed by atoms with E-state index in [9.17, 15) is 0 Å². The summed E-state index contributed by atoms with van der Waals surface area (Å²) in [6.45, 7) is 0. The van der Waals surface area contributed by atoms with Crippen molar-refractivity contribution in [2.75, 3.05) is 19.0 Å². The van der Waals surface area contributed by atoms with Crippen LogP contribution in [0.25, 0.3) is 0 Å². The predicted octanol–water partition coefficient (Wildman–Crippen LogP) is 3.64. The van der Waals surface area contributed by atoms with E-state index in [0.717, 1.165) is 6.42 Å². The van der Waals surface area contributed by atoms with E-state index in [0.29, 0.717) is 0 Å². The van der Waals surface area contributed by atoms with Crippen molar-refractivity contribution >= 4 is 5.69 Å². The minimum Gasteiger partial charge on any atom is -0.378 e. The molecule has 1 atom stereocenters. The van der Waals surface area contributed by atoms with Crippen LogP contribution in [0.15, 0.2) is 35.9 Å². The normalized spacial score (nSPS) is 17.8. The zero-order chi connectivity index (χ0) is 13.0. The summed E-state index contributed by atoms with van der Waals surface area (Å²) in [4.78, 5) is 2.12. The molecular formula is C16H24N2. The van der Waals surface area contributed by atoms with E-state index in [1.807, 2.05) is 0 Å². The zero-order valence-corrected chi connectivity index (χ0v) is 11.5. The van der Waals surface area contributed by atoms with Crippen LogP contribution in [0.3, 0.4) is 0 Å². The van der Waals surface area contributed by atoms with Gasteiger partial charge in [-0.1, -0.05) is 30.2 Å². The van der Waals surface area contributed by atoms with Crippen molar-refractivity contribution in [3.8, 4) is 0 Å². The van der Waals surface area contributed by atoms with Gasteiger partial charge in [-0.3, -0.25) is 0 Å². The number of nitrogens with zero attached hydrogens (tertiary/aromatic N) is 1. The Morgan fingerprint density at radius 1 is 1.17 bits per heavy atom. The van der Waals surface area contributed by atoms with Crippen LogP contribution in [0.1, 0.15) is 43.7 Å². The Kier molecular flexibility index (Phi) is 4.43. The highest BCUT2D eigenvalue weighted by Gasteiger charge is 2.13. The Bertz CT molecular complexity index is 421. The lowest BCUT2D eigenvalue weighted by Crippen LogP contribution is -2.15. The molecule has 0 saturated heterocycles. The molecule has 2 N–H and O–H groups in total. The van der Waals surface area contributed by atoms with Gasteiger partial charge in [-0.05, 0) is 43.4 Å². The summed E-state index contributed by atoms with van der Waals surface area (Å²) in [5.41, 5.74) is 10.3. The molecule has 0 spiro atoms. The van der Waals surface area contributed by atoms with E-state index < -0.39 is 0 Å². The van der Waals surface area contributed by atoms with Gasteiger partial charge in [0.05, 0.1) is 6.04 Å². The van der Waals surface area contributed by atoms with Crippen LogP contribution >= 0.6 is 0 Å². The maximum Gasteiger partial charge on any atom is 0.0511 e. The Morgan fingerprint density at radius 2 is 2.00 bits per heavy atom. The van der Waals surface area contributed by atoms with Crippen LogP contribution in [0.5, 0.6) is 0 Å². The summed E-state index contributed by atoms with van der Waals surface area (Å²) in [6.07, 6.45) is 8.65. The molecule has 0 aromatic heterocycles. The highest BCUT2D eigenvalue weighted by atomic mass is 15.1. The van der Waals surface area contributed by atoms with E-state index >= 15 is 0 Å². The summed E-state index contributed by atoms with van der Waals surface area (Å²) in [5, 5.41) is 0. The quantitative estimate of drug-likeness (QED) is 0.822. The number of rotatable bonds is 3. The summed E-state index contributed by atoms with van der Waals surface area (Å²) >= 11 is 0. The van der Waals surface area contributed by atoms with Crippen LogP contribution in [-0.2, 0) is 0 Å². The monoisotopic (exact) mass is 244 g/mol. The summed E-state index contributed by atoms with van der Waals surface area (Å²) in [5.74, 6) is 0. The number of hydrogen-bond acceptors (Lipinski definition) is 2. The number of hydrogen-bond donors (Lipinski definition) is 1. The van der Waals surface area contributed by atoms with Crippen LogP contribution in [0.2, 0.25) is 0 Å². The molecule has 18 heavy (non-hydrogen) atoms. The topological polar surface area (TPSA) is 29.3 Å². The fraction of sp³-hybridized carbons (Fsp3) is 0.500. The molecular weight excluding hydrogens is 220 g/mol. The lowest BCUT2D eigenvalue weighted by Gasteiger charge is -2.19. The Labute approximate surface area is 110 Å². The van der Waals surface area contributed by atoms with Crippen molar-refractivity contribution in [3.63, 3.8) is 0 Å². The second-order valence-corrected chi connectivity index (χ2v) is 5.35. The average molecular weight is 244 g/mol. The molecule has 0 saturated carbocycles. The van der Waals surface area contributed by atoms with Gasteiger partial charge in [0.25, 0.3) is 0 Å². The number of anilines is 1. The van der Waals surface area contributed by atoms with Crippen molar-refractivity contribution in [3.05, 3.63) is 41.5 Å². The molecule has 2 heteroatoms. The maximum absolute atomic E-state index is 6.42. The average Bonchev–Trinajstić information content (AvgIpc) is 2.67. The number of allylic oxidation sites excluding steroid dienone is 1. The Morgan fingerprint density at radius 3 is 2.78 bits per heavy atom. The highest BCUT2D eigenvalue weighted by molar-refractivity contribution is 5.48. The third kappa shape index (κ3) is 3.14. The van der Waals surface area contributed by atoms with Crippen LogP contribution in [-0.4, -0.2) is 14.1 Å². The van der Waals surface area contributed by atoms with E-state index in [1.165, 1.54) is 42.5 Å². The van der Waals surface area contributed by atoms with Crippen molar-refractivity contribution in [1.82, 2.24) is 0 Å².